The van der Waals surface area contributed by atoms with Crippen molar-refractivity contribution >= 4 is 50.6 Å². The van der Waals surface area contributed by atoms with E-state index in [-0.39, 0.29) is 5.78 Å². The summed E-state index contributed by atoms with van der Waals surface area (Å²) in [6, 6.07) is 7.84. The van der Waals surface area contributed by atoms with Gasteiger partial charge in [-0.15, -0.1) is 11.3 Å². The van der Waals surface area contributed by atoms with Crippen LogP contribution in [0.5, 0.6) is 0 Å². The molecular formula is C11H12BrNOS2. The van der Waals surface area contributed by atoms with Gasteiger partial charge in [-0.25, -0.2) is 4.98 Å². The Morgan fingerprint density at radius 3 is 2.75 bits per heavy atom. The third-order valence-electron chi connectivity index (χ3n) is 2.01. The number of fused-ring (bicyclic) bond motifs is 1. The molecule has 0 bridgehead atoms. The van der Waals surface area contributed by atoms with Crippen molar-refractivity contribution in [1.82, 2.24) is 4.98 Å². The van der Waals surface area contributed by atoms with E-state index in [1.54, 1.807) is 0 Å². The van der Waals surface area contributed by atoms with Crippen molar-refractivity contribution in [1.29, 1.82) is 0 Å². The van der Waals surface area contributed by atoms with Gasteiger partial charge in [-0.05, 0) is 39.5 Å². The van der Waals surface area contributed by atoms with Crippen LogP contribution in [-0.2, 0) is 0 Å². The quantitative estimate of drug-likeness (QED) is 0.805. The van der Waals surface area contributed by atoms with Crippen LogP contribution in [0.2, 0.25) is 0 Å². The molecule has 1 aromatic heterocycles. The second-order valence-electron chi connectivity index (χ2n) is 3.96. The molecule has 2 aromatic rings. The minimum atomic E-state index is -0.979. The van der Waals surface area contributed by atoms with Crippen LogP contribution in [0.4, 0.5) is 0 Å². The van der Waals surface area contributed by atoms with Gasteiger partial charge in [-0.3, -0.25) is 4.79 Å². The summed E-state index contributed by atoms with van der Waals surface area (Å²) < 4.78 is 1.08. The van der Waals surface area contributed by atoms with Crippen LogP contribution in [0.15, 0.2) is 24.3 Å². The summed E-state index contributed by atoms with van der Waals surface area (Å²) in [7, 11) is -0.979. The molecule has 0 aliphatic heterocycles. The molecule has 0 amide bonds. The summed E-state index contributed by atoms with van der Waals surface area (Å²) in [4.78, 5) is 16.3. The van der Waals surface area contributed by atoms with E-state index in [0.717, 1.165) is 10.2 Å². The normalized spacial score (nSPS) is 12.9. The average Bonchev–Trinajstić information content (AvgIpc) is 2.58. The molecule has 0 saturated heterocycles. The van der Waals surface area contributed by atoms with Gasteiger partial charge in [0, 0.05) is 0 Å². The molecule has 0 unspecified atom stereocenters. The summed E-state index contributed by atoms with van der Waals surface area (Å²) in [5, 5.41) is 0.626. The van der Waals surface area contributed by atoms with Crippen LogP contribution >= 0.6 is 34.6 Å². The zero-order valence-corrected chi connectivity index (χ0v) is 12.3. The first-order valence-corrected chi connectivity index (χ1v) is 10.0. The number of carbonyl (C=O) groups excluding carboxylic acids is 1. The van der Waals surface area contributed by atoms with Crippen molar-refractivity contribution in [2.45, 2.75) is 0 Å². The number of hydrogen-bond donors (Lipinski definition) is 0. The molecule has 5 heteroatoms. The van der Waals surface area contributed by atoms with Crippen LogP contribution in [0.25, 0.3) is 10.2 Å². The SMILES string of the molecule is CS(C)(Br)CC(=O)c1nc2ccccc2s1. The number of carbonyl (C=O) groups is 1. The highest BCUT2D eigenvalue weighted by molar-refractivity contribution is 9.58. The maximum absolute atomic E-state index is 12.0. The van der Waals surface area contributed by atoms with E-state index < -0.39 is 8.46 Å². The first-order valence-electron chi connectivity index (χ1n) is 4.75. The predicted octanol–water partition coefficient (Wildman–Crippen LogP) is 3.85. The van der Waals surface area contributed by atoms with Crippen molar-refractivity contribution in [3.63, 3.8) is 0 Å². The van der Waals surface area contributed by atoms with Crippen LogP contribution in [0.1, 0.15) is 9.80 Å². The van der Waals surface area contributed by atoms with Crippen LogP contribution in [0, 0.1) is 0 Å². The number of nitrogens with zero attached hydrogens (tertiary/aromatic N) is 1. The second kappa shape index (κ2) is 4.47. The Hall–Kier alpha value is -0.390. The number of ketones is 1. The molecule has 0 aliphatic rings. The van der Waals surface area contributed by atoms with Gasteiger partial charge in [0.05, 0.1) is 16.0 Å². The average molecular weight is 318 g/mol. The first kappa shape index (κ1) is 12.1. The Kier molecular flexibility index (Phi) is 3.37. The zero-order chi connectivity index (χ0) is 11.8. The predicted molar refractivity (Wildman–Crippen MR) is 77.2 cm³/mol. The van der Waals surface area contributed by atoms with E-state index in [4.69, 9.17) is 0 Å². The highest BCUT2D eigenvalue weighted by Gasteiger charge is 2.18. The highest BCUT2D eigenvalue weighted by atomic mass is 79.9. The number of halogens is 1. The minimum absolute atomic E-state index is 0.137. The van der Waals surface area contributed by atoms with Crippen LogP contribution in [-0.4, -0.2) is 29.0 Å². The van der Waals surface area contributed by atoms with E-state index in [1.165, 1.54) is 11.3 Å². The van der Waals surface area contributed by atoms with Crippen LogP contribution < -0.4 is 0 Å². The van der Waals surface area contributed by atoms with Crippen molar-refractivity contribution in [3.05, 3.63) is 29.3 Å². The molecule has 2 nitrogen and oxygen atoms in total. The van der Waals surface area contributed by atoms with Crippen LogP contribution in [0.3, 0.4) is 0 Å². The fourth-order valence-corrected chi connectivity index (χ4v) is 3.74. The lowest BCUT2D eigenvalue weighted by molar-refractivity contribution is 0.102. The Labute approximate surface area is 108 Å². The molecule has 2 rings (SSSR count). The molecule has 86 valence electrons. The molecule has 0 radical (unpaired) electrons. The summed E-state index contributed by atoms with van der Waals surface area (Å²) in [6.07, 6.45) is 4.14. The summed E-state index contributed by atoms with van der Waals surface area (Å²) in [6.45, 7) is 0. The molecule has 0 saturated carbocycles. The molecular weight excluding hydrogens is 306 g/mol. The van der Waals surface area contributed by atoms with Gasteiger partial charge in [-0.2, -0.15) is 8.46 Å². The summed E-state index contributed by atoms with van der Waals surface area (Å²) in [5.41, 5.74) is 0.915. The number of para-hydroxylation sites is 1. The number of hydrogen-bond acceptors (Lipinski definition) is 3. The Morgan fingerprint density at radius 2 is 2.12 bits per heavy atom. The topological polar surface area (TPSA) is 30.0 Å². The lowest BCUT2D eigenvalue weighted by Crippen LogP contribution is -2.07. The second-order valence-corrected chi connectivity index (χ2v) is 13.3. The Balaban J connectivity index is 2.30. The molecule has 1 heterocycles. The number of rotatable bonds is 3. The lowest BCUT2D eigenvalue weighted by Gasteiger charge is -2.19. The molecule has 0 spiro atoms. The number of Topliss-reactive ketones (excluding diaryl/α,β-unsaturated/α-hetero) is 1. The summed E-state index contributed by atoms with van der Waals surface area (Å²) >= 11 is 5.04. The smallest absolute Gasteiger partial charge is 0.200 e. The maximum atomic E-state index is 12.0. The molecule has 0 N–H and O–H groups in total. The van der Waals surface area contributed by atoms with E-state index >= 15 is 0 Å². The third kappa shape index (κ3) is 2.84. The van der Waals surface area contributed by atoms with Gasteiger partial charge in [0.1, 0.15) is 0 Å². The number of benzene rings is 1. The van der Waals surface area contributed by atoms with Gasteiger partial charge in [-0.1, -0.05) is 12.1 Å². The molecule has 0 atom stereocenters. The van der Waals surface area contributed by atoms with Gasteiger partial charge in [0.25, 0.3) is 0 Å². The monoisotopic (exact) mass is 317 g/mol. The molecule has 16 heavy (non-hydrogen) atoms. The van der Waals surface area contributed by atoms with Crippen molar-refractivity contribution in [3.8, 4) is 0 Å². The van der Waals surface area contributed by atoms with Gasteiger partial charge < -0.3 is 0 Å². The largest absolute Gasteiger partial charge is 0.291 e. The molecule has 0 aliphatic carbocycles. The number of aromatic nitrogens is 1. The maximum Gasteiger partial charge on any atom is 0.200 e. The number of thiazole rings is 1. The fourth-order valence-electron chi connectivity index (χ4n) is 1.36. The molecule has 0 fully saturated rings. The Morgan fingerprint density at radius 1 is 1.44 bits per heavy atom. The molecule has 1 aromatic carbocycles. The zero-order valence-electron chi connectivity index (χ0n) is 9.07. The van der Waals surface area contributed by atoms with Crippen molar-refractivity contribution < 1.29 is 4.79 Å². The first-order chi connectivity index (χ1) is 7.46. The van der Waals surface area contributed by atoms with E-state index in [9.17, 15) is 4.79 Å². The lowest BCUT2D eigenvalue weighted by atomic mass is 10.3. The van der Waals surface area contributed by atoms with Gasteiger partial charge in [0.2, 0.25) is 0 Å². The van der Waals surface area contributed by atoms with E-state index in [0.29, 0.717) is 10.8 Å². The standard InChI is InChI=1S/C11H12BrNOS2/c1-16(2,12)7-9(14)11-13-8-5-3-4-6-10(8)15-11/h3-6H,7H2,1-2H3. The van der Waals surface area contributed by atoms with Crippen molar-refractivity contribution in [2.24, 2.45) is 0 Å². The fraction of sp³-hybridized carbons (Fsp3) is 0.273. The summed E-state index contributed by atoms with van der Waals surface area (Å²) in [5.74, 6) is 0.686. The van der Waals surface area contributed by atoms with Gasteiger partial charge in [0.15, 0.2) is 10.8 Å². The van der Waals surface area contributed by atoms with Crippen molar-refractivity contribution in [2.75, 3.05) is 18.3 Å². The highest BCUT2D eigenvalue weighted by Crippen LogP contribution is 2.48. The van der Waals surface area contributed by atoms with E-state index in [2.05, 4.69) is 32.3 Å². The van der Waals surface area contributed by atoms with Gasteiger partial charge >= 0.3 is 0 Å². The van der Waals surface area contributed by atoms with E-state index in [1.807, 2.05) is 24.3 Å². The Bertz CT molecular complexity index is 497. The third-order valence-corrected chi connectivity index (χ3v) is 4.72. The minimum Gasteiger partial charge on any atom is -0.291 e.